The van der Waals surface area contributed by atoms with Crippen LogP contribution in [0.3, 0.4) is 0 Å². The van der Waals surface area contributed by atoms with Crippen LogP contribution in [0, 0.1) is 0 Å². The third-order valence-corrected chi connectivity index (χ3v) is 5.27. The first kappa shape index (κ1) is 23.2. The van der Waals surface area contributed by atoms with Gasteiger partial charge in [0.15, 0.2) is 0 Å². The summed E-state index contributed by atoms with van der Waals surface area (Å²) in [5.41, 5.74) is 1.32. The molecule has 0 spiro atoms. The number of rotatable bonds is 7. The summed E-state index contributed by atoms with van der Waals surface area (Å²) < 4.78 is 0. The first-order valence-electron chi connectivity index (χ1n) is 9.67. The van der Waals surface area contributed by atoms with Crippen molar-refractivity contribution in [2.24, 2.45) is 0 Å². The van der Waals surface area contributed by atoms with Gasteiger partial charge in [-0.05, 0) is 57.4 Å². The Balaban J connectivity index is 2.20. The lowest BCUT2D eigenvalue weighted by atomic mass is 10.1. The molecule has 1 unspecified atom stereocenters. The average molecular weight is 435 g/mol. The maximum atomic E-state index is 13.1. The SMILES string of the molecule is CC(C(=O)NC(C)(C)C)N(Cc1ccccc1Cl)C(=O)CCc1ccccc1Cl. The molecular formula is C23H28Cl2N2O2. The molecular weight excluding hydrogens is 407 g/mol. The highest BCUT2D eigenvalue weighted by molar-refractivity contribution is 6.31. The molecule has 0 saturated carbocycles. The molecule has 0 heterocycles. The fourth-order valence-electron chi connectivity index (χ4n) is 2.95. The standard InChI is InChI=1S/C23H28Cl2N2O2/c1-16(22(29)26-23(2,3)4)27(15-18-10-6-8-12-20(18)25)21(28)14-13-17-9-5-7-11-19(17)24/h5-12,16H,13-15H2,1-4H3,(H,26,29). The molecule has 0 fully saturated rings. The van der Waals surface area contributed by atoms with Gasteiger partial charge in [0, 0.05) is 28.5 Å². The Morgan fingerprint density at radius 3 is 2.00 bits per heavy atom. The Morgan fingerprint density at radius 1 is 0.966 bits per heavy atom. The van der Waals surface area contributed by atoms with E-state index in [4.69, 9.17) is 23.2 Å². The molecule has 0 radical (unpaired) electrons. The van der Waals surface area contributed by atoms with Crippen LogP contribution in [0.2, 0.25) is 10.0 Å². The Kier molecular flexibility index (Phi) is 8.12. The summed E-state index contributed by atoms with van der Waals surface area (Å²) in [4.78, 5) is 27.4. The number of carbonyl (C=O) groups is 2. The molecule has 2 aromatic rings. The van der Waals surface area contributed by atoms with Crippen LogP contribution in [-0.4, -0.2) is 28.3 Å². The number of hydrogen-bond acceptors (Lipinski definition) is 2. The van der Waals surface area contributed by atoms with E-state index in [1.165, 1.54) is 0 Å². The van der Waals surface area contributed by atoms with Crippen LogP contribution in [0.5, 0.6) is 0 Å². The summed E-state index contributed by atoms with van der Waals surface area (Å²) in [5.74, 6) is -0.322. The van der Waals surface area contributed by atoms with E-state index < -0.39 is 6.04 Å². The van der Waals surface area contributed by atoms with Crippen molar-refractivity contribution in [3.63, 3.8) is 0 Å². The zero-order valence-electron chi connectivity index (χ0n) is 17.3. The normalized spacial score (nSPS) is 12.3. The number of aryl methyl sites for hydroxylation is 1. The van der Waals surface area contributed by atoms with Gasteiger partial charge in [-0.2, -0.15) is 0 Å². The van der Waals surface area contributed by atoms with Crippen molar-refractivity contribution < 1.29 is 9.59 Å². The Morgan fingerprint density at radius 2 is 1.48 bits per heavy atom. The van der Waals surface area contributed by atoms with Crippen LogP contribution in [-0.2, 0) is 22.6 Å². The molecule has 0 aliphatic rings. The molecule has 1 atom stereocenters. The Labute approximate surface area is 183 Å². The number of benzene rings is 2. The van der Waals surface area contributed by atoms with Crippen molar-refractivity contribution in [2.45, 2.75) is 58.7 Å². The third kappa shape index (κ3) is 7.06. The van der Waals surface area contributed by atoms with Crippen molar-refractivity contribution >= 4 is 35.0 Å². The van der Waals surface area contributed by atoms with Crippen LogP contribution in [0.15, 0.2) is 48.5 Å². The van der Waals surface area contributed by atoms with E-state index in [-0.39, 0.29) is 30.3 Å². The van der Waals surface area contributed by atoms with Crippen molar-refractivity contribution in [3.8, 4) is 0 Å². The maximum absolute atomic E-state index is 13.1. The van der Waals surface area contributed by atoms with Crippen LogP contribution in [0.4, 0.5) is 0 Å². The van der Waals surface area contributed by atoms with Crippen molar-refractivity contribution in [2.75, 3.05) is 0 Å². The minimum absolute atomic E-state index is 0.124. The van der Waals surface area contributed by atoms with Gasteiger partial charge in [-0.25, -0.2) is 0 Å². The summed E-state index contributed by atoms with van der Waals surface area (Å²) >= 11 is 12.5. The van der Waals surface area contributed by atoms with Crippen LogP contribution < -0.4 is 5.32 Å². The highest BCUT2D eigenvalue weighted by Crippen LogP contribution is 2.21. The van der Waals surface area contributed by atoms with Gasteiger partial charge < -0.3 is 10.2 Å². The van der Waals surface area contributed by atoms with Crippen LogP contribution >= 0.6 is 23.2 Å². The first-order chi connectivity index (χ1) is 13.6. The minimum Gasteiger partial charge on any atom is -0.350 e. The molecule has 0 saturated heterocycles. The van der Waals surface area contributed by atoms with Crippen molar-refractivity contribution in [3.05, 3.63) is 69.7 Å². The molecule has 2 aromatic carbocycles. The predicted octanol–water partition coefficient (Wildman–Crippen LogP) is 5.26. The third-order valence-electron chi connectivity index (χ3n) is 4.53. The highest BCUT2D eigenvalue weighted by Gasteiger charge is 2.28. The van der Waals surface area contributed by atoms with Crippen molar-refractivity contribution in [1.29, 1.82) is 0 Å². The number of nitrogens with zero attached hydrogens (tertiary/aromatic N) is 1. The van der Waals surface area contributed by atoms with E-state index in [9.17, 15) is 9.59 Å². The largest absolute Gasteiger partial charge is 0.350 e. The highest BCUT2D eigenvalue weighted by atomic mass is 35.5. The van der Waals surface area contributed by atoms with E-state index >= 15 is 0 Å². The van der Waals surface area contributed by atoms with Gasteiger partial charge in [0.2, 0.25) is 11.8 Å². The van der Waals surface area contributed by atoms with E-state index in [1.807, 2.05) is 63.2 Å². The monoisotopic (exact) mass is 434 g/mol. The van der Waals surface area contributed by atoms with Crippen molar-refractivity contribution in [1.82, 2.24) is 10.2 Å². The summed E-state index contributed by atoms with van der Waals surface area (Å²) in [7, 11) is 0. The van der Waals surface area contributed by atoms with E-state index in [2.05, 4.69) is 5.32 Å². The molecule has 1 N–H and O–H groups in total. The summed E-state index contributed by atoms with van der Waals surface area (Å²) in [6, 6.07) is 14.2. The van der Waals surface area contributed by atoms with Gasteiger partial charge in [-0.15, -0.1) is 0 Å². The van der Waals surface area contributed by atoms with E-state index in [1.54, 1.807) is 17.9 Å². The fourth-order valence-corrected chi connectivity index (χ4v) is 3.38. The topological polar surface area (TPSA) is 49.4 Å². The van der Waals surface area contributed by atoms with Crippen LogP contribution in [0.1, 0.15) is 45.2 Å². The average Bonchev–Trinajstić information content (AvgIpc) is 2.64. The van der Waals surface area contributed by atoms with Gasteiger partial charge >= 0.3 is 0 Å². The molecule has 4 nitrogen and oxygen atoms in total. The fraction of sp³-hybridized carbons (Fsp3) is 0.391. The Hall–Kier alpha value is -2.04. The molecule has 0 bridgehead atoms. The lowest BCUT2D eigenvalue weighted by Gasteiger charge is -2.31. The smallest absolute Gasteiger partial charge is 0.242 e. The second-order valence-electron chi connectivity index (χ2n) is 8.12. The molecule has 6 heteroatoms. The van der Waals surface area contributed by atoms with Gasteiger partial charge in [0.25, 0.3) is 0 Å². The van der Waals surface area contributed by atoms with Gasteiger partial charge in [0.05, 0.1) is 0 Å². The van der Waals surface area contributed by atoms with Gasteiger partial charge in [0.1, 0.15) is 6.04 Å². The number of amides is 2. The summed E-state index contributed by atoms with van der Waals surface area (Å²) in [6.07, 6.45) is 0.756. The zero-order chi connectivity index (χ0) is 21.6. The van der Waals surface area contributed by atoms with Crippen LogP contribution in [0.25, 0.3) is 0 Å². The maximum Gasteiger partial charge on any atom is 0.242 e. The molecule has 0 aliphatic carbocycles. The summed E-state index contributed by atoms with van der Waals surface area (Å²) in [6.45, 7) is 7.74. The predicted molar refractivity (Wildman–Crippen MR) is 119 cm³/mol. The quantitative estimate of drug-likeness (QED) is 0.645. The molecule has 2 amide bonds. The second-order valence-corrected chi connectivity index (χ2v) is 8.93. The van der Waals surface area contributed by atoms with E-state index in [0.717, 1.165) is 11.1 Å². The van der Waals surface area contributed by atoms with Gasteiger partial charge in [-0.1, -0.05) is 59.6 Å². The lowest BCUT2D eigenvalue weighted by Crippen LogP contribution is -2.52. The molecule has 0 aliphatic heterocycles. The first-order valence-corrected chi connectivity index (χ1v) is 10.4. The van der Waals surface area contributed by atoms with Gasteiger partial charge in [-0.3, -0.25) is 9.59 Å². The molecule has 29 heavy (non-hydrogen) atoms. The number of halogens is 2. The number of hydrogen-bond donors (Lipinski definition) is 1. The Bertz CT molecular complexity index is 862. The second kappa shape index (κ2) is 10.1. The summed E-state index contributed by atoms with van der Waals surface area (Å²) in [5, 5.41) is 4.16. The molecule has 0 aromatic heterocycles. The number of nitrogens with one attached hydrogen (secondary N) is 1. The zero-order valence-corrected chi connectivity index (χ0v) is 18.8. The minimum atomic E-state index is -0.635. The number of carbonyl (C=O) groups excluding carboxylic acids is 2. The lowest BCUT2D eigenvalue weighted by molar-refractivity contribution is -0.141. The van der Waals surface area contributed by atoms with E-state index in [0.29, 0.717) is 16.5 Å². The molecule has 156 valence electrons. The molecule has 2 rings (SSSR count).